The van der Waals surface area contributed by atoms with Gasteiger partial charge in [-0.05, 0) is 53.6 Å². The molecular weight excluding hydrogens is 324 g/mol. The van der Waals surface area contributed by atoms with Crippen LogP contribution in [0.5, 0.6) is 0 Å². The molecule has 0 spiro atoms. The normalized spacial score (nSPS) is 17.4. The van der Waals surface area contributed by atoms with Crippen LogP contribution in [0.4, 0.5) is 5.69 Å². The first-order chi connectivity index (χ1) is 11.2. The van der Waals surface area contributed by atoms with Crippen LogP contribution in [-0.2, 0) is 16.0 Å². The number of anilines is 1. The highest BCUT2D eigenvalue weighted by Crippen LogP contribution is 2.37. The second-order valence-electron chi connectivity index (χ2n) is 6.43. The molecule has 2 aliphatic rings. The van der Waals surface area contributed by atoms with E-state index in [-0.39, 0.29) is 18.3 Å². The second-order valence-corrected chi connectivity index (χ2v) is 6.43. The summed E-state index contributed by atoms with van der Waals surface area (Å²) < 4.78 is 5.30. The summed E-state index contributed by atoms with van der Waals surface area (Å²) >= 11 is 0. The molecule has 24 heavy (non-hydrogen) atoms. The lowest BCUT2D eigenvalue weighted by Crippen LogP contribution is -2.54. The number of carbonyl (C=O) groups is 1. The lowest BCUT2D eigenvalue weighted by Gasteiger charge is -2.31. The first-order valence-electron chi connectivity index (χ1n) is 8.05. The van der Waals surface area contributed by atoms with Crippen molar-refractivity contribution in [3.05, 3.63) is 53.6 Å². The lowest BCUT2D eigenvalue weighted by atomic mass is 9.90. The van der Waals surface area contributed by atoms with Crippen molar-refractivity contribution in [2.24, 2.45) is 5.73 Å². The van der Waals surface area contributed by atoms with E-state index < -0.39 is 5.54 Å². The zero-order valence-corrected chi connectivity index (χ0v) is 14.2. The average molecular weight is 345 g/mol. The van der Waals surface area contributed by atoms with E-state index in [4.69, 9.17) is 10.5 Å². The van der Waals surface area contributed by atoms with Crippen LogP contribution >= 0.6 is 12.4 Å². The number of fused-ring (bicyclic) bond motifs is 3. The summed E-state index contributed by atoms with van der Waals surface area (Å²) in [5.74, 6) is -0.115. The summed E-state index contributed by atoms with van der Waals surface area (Å²) in [4.78, 5) is 12.5. The van der Waals surface area contributed by atoms with Gasteiger partial charge in [-0.15, -0.1) is 12.4 Å². The van der Waals surface area contributed by atoms with Gasteiger partial charge in [0, 0.05) is 18.9 Å². The summed E-state index contributed by atoms with van der Waals surface area (Å²) in [6.07, 6.45) is 2.04. The average Bonchev–Trinajstić information content (AvgIpc) is 2.93. The highest BCUT2D eigenvalue weighted by Gasteiger charge is 2.36. The molecule has 2 aromatic carbocycles. The third-order valence-electron chi connectivity index (χ3n) is 4.89. The first kappa shape index (κ1) is 17.0. The van der Waals surface area contributed by atoms with E-state index in [1.807, 2.05) is 6.07 Å². The van der Waals surface area contributed by atoms with Crippen LogP contribution in [0.25, 0.3) is 11.1 Å². The third kappa shape index (κ3) is 2.93. The molecule has 1 aliphatic carbocycles. The fourth-order valence-corrected chi connectivity index (χ4v) is 3.44. The minimum absolute atomic E-state index is 0. The van der Waals surface area contributed by atoms with Gasteiger partial charge in [0.05, 0.1) is 0 Å². The maximum Gasteiger partial charge on any atom is 0.244 e. The fraction of sp³-hybridized carbons (Fsp3) is 0.316. The van der Waals surface area contributed by atoms with Crippen LogP contribution in [0.2, 0.25) is 0 Å². The number of nitrogens with one attached hydrogen (secondary N) is 1. The minimum atomic E-state index is -0.819. The Morgan fingerprint density at radius 1 is 1.04 bits per heavy atom. The Labute approximate surface area is 147 Å². The standard InChI is InChI=1S/C19H20N2O2.ClH/c20-19(7-9-23-10-8-19)18(22)21-15-5-6-17-14(12-15)11-13-3-1-2-4-16(13)17;/h1-6,12H,7-11,20H2,(H,21,22);1H. The Hall–Kier alpha value is -1.88. The van der Waals surface area contributed by atoms with E-state index in [0.29, 0.717) is 26.1 Å². The van der Waals surface area contributed by atoms with Crippen LogP contribution in [0.3, 0.4) is 0 Å². The maximum absolute atomic E-state index is 12.5. The van der Waals surface area contributed by atoms with E-state index in [9.17, 15) is 4.79 Å². The van der Waals surface area contributed by atoms with Crippen LogP contribution in [-0.4, -0.2) is 24.7 Å². The summed E-state index contributed by atoms with van der Waals surface area (Å²) in [5, 5.41) is 2.99. The number of benzene rings is 2. The molecule has 0 unspecified atom stereocenters. The molecule has 2 aromatic rings. The molecule has 0 aromatic heterocycles. The number of halogens is 1. The number of nitrogens with two attached hydrogens (primary N) is 1. The number of amides is 1. The van der Waals surface area contributed by atoms with Crippen molar-refractivity contribution < 1.29 is 9.53 Å². The predicted octanol–water partition coefficient (Wildman–Crippen LogP) is 3.13. The SMILES string of the molecule is Cl.NC1(C(=O)Nc2ccc3c(c2)Cc2ccccc2-3)CCOCC1. The monoisotopic (exact) mass is 344 g/mol. The predicted molar refractivity (Wildman–Crippen MR) is 97.5 cm³/mol. The molecule has 4 rings (SSSR count). The Morgan fingerprint density at radius 3 is 2.54 bits per heavy atom. The zero-order chi connectivity index (χ0) is 15.9. The highest BCUT2D eigenvalue weighted by atomic mass is 35.5. The van der Waals surface area contributed by atoms with Crippen molar-refractivity contribution in [2.45, 2.75) is 24.8 Å². The number of rotatable bonds is 2. The minimum Gasteiger partial charge on any atom is -0.381 e. The number of hydrogen-bond acceptors (Lipinski definition) is 3. The Kier molecular flexibility index (Phi) is 4.63. The first-order valence-corrected chi connectivity index (χ1v) is 8.05. The van der Waals surface area contributed by atoms with Gasteiger partial charge < -0.3 is 15.8 Å². The molecule has 1 fully saturated rings. The van der Waals surface area contributed by atoms with Gasteiger partial charge in [-0.25, -0.2) is 0 Å². The van der Waals surface area contributed by atoms with E-state index >= 15 is 0 Å². The topological polar surface area (TPSA) is 64.4 Å². The number of hydrogen-bond donors (Lipinski definition) is 2. The van der Waals surface area contributed by atoms with Crippen molar-refractivity contribution in [1.82, 2.24) is 0 Å². The summed E-state index contributed by atoms with van der Waals surface area (Å²) in [5.41, 5.74) is 11.4. The van der Waals surface area contributed by atoms with Gasteiger partial charge in [-0.3, -0.25) is 4.79 Å². The number of carbonyl (C=O) groups excluding carboxylic acids is 1. The second kappa shape index (κ2) is 6.55. The van der Waals surface area contributed by atoms with Crippen LogP contribution in [0.15, 0.2) is 42.5 Å². The quantitative estimate of drug-likeness (QED) is 0.750. The van der Waals surface area contributed by atoms with Crippen molar-refractivity contribution in [1.29, 1.82) is 0 Å². The van der Waals surface area contributed by atoms with Gasteiger partial charge in [-0.1, -0.05) is 30.3 Å². The Morgan fingerprint density at radius 2 is 1.75 bits per heavy atom. The van der Waals surface area contributed by atoms with Crippen molar-refractivity contribution >= 4 is 24.0 Å². The molecule has 0 atom stereocenters. The van der Waals surface area contributed by atoms with E-state index in [1.54, 1.807) is 0 Å². The summed E-state index contributed by atoms with van der Waals surface area (Å²) in [6, 6.07) is 14.5. The third-order valence-corrected chi connectivity index (χ3v) is 4.89. The van der Waals surface area contributed by atoms with Crippen LogP contribution in [0.1, 0.15) is 24.0 Å². The molecule has 126 valence electrons. The molecule has 1 saturated heterocycles. The highest BCUT2D eigenvalue weighted by molar-refractivity contribution is 5.98. The van der Waals surface area contributed by atoms with Gasteiger partial charge in [0.25, 0.3) is 0 Å². The molecule has 1 aliphatic heterocycles. The molecule has 0 radical (unpaired) electrons. The maximum atomic E-state index is 12.5. The van der Waals surface area contributed by atoms with Gasteiger partial charge in [0.2, 0.25) is 5.91 Å². The van der Waals surface area contributed by atoms with Gasteiger partial charge in [0.1, 0.15) is 5.54 Å². The van der Waals surface area contributed by atoms with Crippen LogP contribution < -0.4 is 11.1 Å². The Balaban J connectivity index is 0.00000169. The van der Waals surface area contributed by atoms with E-state index in [0.717, 1.165) is 12.1 Å². The molecular formula is C19H21ClN2O2. The summed E-state index contributed by atoms with van der Waals surface area (Å²) in [7, 11) is 0. The largest absolute Gasteiger partial charge is 0.381 e. The van der Waals surface area contributed by atoms with Crippen molar-refractivity contribution in [2.75, 3.05) is 18.5 Å². The van der Waals surface area contributed by atoms with E-state index in [1.165, 1.54) is 22.3 Å². The Bertz CT molecular complexity index is 770. The molecule has 4 nitrogen and oxygen atoms in total. The van der Waals surface area contributed by atoms with Gasteiger partial charge >= 0.3 is 0 Å². The molecule has 5 heteroatoms. The molecule has 0 bridgehead atoms. The summed E-state index contributed by atoms with van der Waals surface area (Å²) in [6.45, 7) is 1.09. The van der Waals surface area contributed by atoms with Gasteiger partial charge in [0.15, 0.2) is 0 Å². The molecule has 0 saturated carbocycles. The zero-order valence-electron chi connectivity index (χ0n) is 13.4. The lowest BCUT2D eigenvalue weighted by molar-refractivity contribution is -0.124. The smallest absolute Gasteiger partial charge is 0.244 e. The van der Waals surface area contributed by atoms with Crippen molar-refractivity contribution in [3.63, 3.8) is 0 Å². The number of ether oxygens (including phenoxy) is 1. The van der Waals surface area contributed by atoms with Gasteiger partial charge in [-0.2, -0.15) is 0 Å². The molecule has 3 N–H and O–H groups in total. The van der Waals surface area contributed by atoms with Crippen molar-refractivity contribution in [3.8, 4) is 11.1 Å². The molecule has 1 amide bonds. The van der Waals surface area contributed by atoms with E-state index in [2.05, 4.69) is 41.7 Å². The fourth-order valence-electron chi connectivity index (χ4n) is 3.44. The molecule has 1 heterocycles. The van der Waals surface area contributed by atoms with Crippen LogP contribution in [0, 0.1) is 0 Å².